The molecule has 2 rings (SSSR count). The number of carbonyl (C=O) groups excluding carboxylic acids is 3. The van der Waals surface area contributed by atoms with Crippen LogP contribution in [0.4, 0.5) is 0 Å². The lowest BCUT2D eigenvalue weighted by Crippen LogP contribution is -2.33. The third kappa shape index (κ3) is 3.51. The van der Waals surface area contributed by atoms with E-state index < -0.39 is 5.97 Å². The Morgan fingerprint density at radius 1 is 1.14 bits per heavy atom. The molecule has 0 unspecified atom stereocenters. The normalized spacial score (nSPS) is 13.0. The van der Waals surface area contributed by atoms with Gasteiger partial charge in [-0.05, 0) is 12.1 Å². The highest BCUT2D eigenvalue weighted by molar-refractivity contribution is 6.21. The van der Waals surface area contributed by atoms with E-state index in [-0.39, 0.29) is 44.6 Å². The van der Waals surface area contributed by atoms with Crippen LogP contribution in [0.5, 0.6) is 0 Å². The lowest BCUT2D eigenvalue weighted by Gasteiger charge is -2.13. The number of hydrogen-bond acceptors (Lipinski definition) is 5. The van der Waals surface area contributed by atoms with Crippen LogP contribution in [0.25, 0.3) is 0 Å². The maximum Gasteiger partial charge on any atom is 0.308 e. The van der Waals surface area contributed by atoms with Crippen molar-refractivity contribution < 1.29 is 23.9 Å². The van der Waals surface area contributed by atoms with Crippen LogP contribution in [-0.4, -0.2) is 49.0 Å². The summed E-state index contributed by atoms with van der Waals surface area (Å²) in [7, 11) is 0. The largest absolute Gasteiger partial charge is 0.464 e. The quantitative estimate of drug-likeness (QED) is 0.323. The zero-order valence-electron chi connectivity index (χ0n) is 11.9. The highest BCUT2D eigenvalue weighted by atomic mass is 16.5. The van der Waals surface area contributed by atoms with E-state index in [0.29, 0.717) is 11.1 Å². The molecule has 0 aromatic heterocycles. The van der Waals surface area contributed by atoms with Crippen LogP contribution < -0.4 is 0 Å². The summed E-state index contributed by atoms with van der Waals surface area (Å²) < 4.78 is 9.92. The molecule has 2 amide bonds. The lowest BCUT2D eigenvalue weighted by molar-refractivity contribution is -0.144. The molecule has 0 spiro atoms. The van der Waals surface area contributed by atoms with Gasteiger partial charge in [-0.3, -0.25) is 19.3 Å². The number of imide groups is 1. The van der Waals surface area contributed by atoms with Gasteiger partial charge in [-0.15, -0.1) is 6.42 Å². The first-order valence-electron chi connectivity index (χ1n) is 6.77. The standard InChI is InChI=1S/C16H15NO5/c1-2-9-21-10-7-14(18)22-11-8-17-15(19)12-5-3-4-6-13(12)16(17)20/h1,3-6H,7-11H2. The summed E-state index contributed by atoms with van der Waals surface area (Å²) in [6, 6.07) is 6.60. The fourth-order valence-corrected chi connectivity index (χ4v) is 2.05. The number of ether oxygens (including phenoxy) is 2. The van der Waals surface area contributed by atoms with Crippen LogP contribution in [0.1, 0.15) is 27.1 Å². The highest BCUT2D eigenvalue weighted by Gasteiger charge is 2.34. The predicted octanol–water partition coefficient (Wildman–Crippen LogP) is 0.866. The van der Waals surface area contributed by atoms with Crippen molar-refractivity contribution in [2.24, 2.45) is 0 Å². The van der Waals surface area contributed by atoms with Crippen LogP contribution in [0.15, 0.2) is 24.3 Å². The summed E-state index contributed by atoms with van der Waals surface area (Å²) in [5.74, 6) is 1.09. The number of hydrogen-bond donors (Lipinski definition) is 0. The van der Waals surface area contributed by atoms with Gasteiger partial charge in [0.25, 0.3) is 11.8 Å². The van der Waals surface area contributed by atoms with Gasteiger partial charge in [0, 0.05) is 0 Å². The molecule has 0 bridgehead atoms. The minimum absolute atomic E-state index is 0.0311. The molecule has 6 nitrogen and oxygen atoms in total. The van der Waals surface area contributed by atoms with Gasteiger partial charge in [0.2, 0.25) is 0 Å². The number of esters is 1. The predicted molar refractivity (Wildman–Crippen MR) is 77.0 cm³/mol. The molecule has 1 aliphatic heterocycles. The third-order valence-electron chi connectivity index (χ3n) is 3.09. The molecule has 114 valence electrons. The van der Waals surface area contributed by atoms with Crippen molar-refractivity contribution >= 4 is 17.8 Å². The Morgan fingerprint density at radius 3 is 2.36 bits per heavy atom. The van der Waals surface area contributed by atoms with Gasteiger partial charge in [-0.2, -0.15) is 0 Å². The molecule has 0 saturated heterocycles. The number of terminal acetylenes is 1. The summed E-state index contributed by atoms with van der Waals surface area (Å²) in [5, 5.41) is 0. The Bertz CT molecular complexity index is 597. The first-order valence-corrected chi connectivity index (χ1v) is 6.77. The summed E-state index contributed by atoms with van der Waals surface area (Å²) in [4.78, 5) is 36.6. The second-order valence-corrected chi connectivity index (χ2v) is 4.53. The van der Waals surface area contributed by atoms with Crippen molar-refractivity contribution in [2.45, 2.75) is 6.42 Å². The van der Waals surface area contributed by atoms with E-state index in [1.54, 1.807) is 24.3 Å². The van der Waals surface area contributed by atoms with E-state index in [1.165, 1.54) is 0 Å². The number of amides is 2. The molecule has 0 radical (unpaired) electrons. The smallest absolute Gasteiger partial charge is 0.308 e. The second kappa shape index (κ2) is 7.38. The maximum absolute atomic E-state index is 12.1. The molecule has 22 heavy (non-hydrogen) atoms. The van der Waals surface area contributed by atoms with Gasteiger partial charge < -0.3 is 9.47 Å². The van der Waals surface area contributed by atoms with Gasteiger partial charge in [0.1, 0.15) is 13.2 Å². The Labute approximate surface area is 128 Å². The van der Waals surface area contributed by atoms with Crippen molar-refractivity contribution in [2.75, 3.05) is 26.4 Å². The third-order valence-corrected chi connectivity index (χ3v) is 3.09. The molecule has 1 aromatic rings. The topological polar surface area (TPSA) is 72.9 Å². The Hall–Kier alpha value is -2.65. The average Bonchev–Trinajstić information content (AvgIpc) is 2.77. The van der Waals surface area contributed by atoms with Gasteiger partial charge in [-0.1, -0.05) is 18.1 Å². The number of benzene rings is 1. The second-order valence-electron chi connectivity index (χ2n) is 4.53. The minimum atomic E-state index is -0.464. The van der Waals surface area contributed by atoms with E-state index in [2.05, 4.69) is 5.92 Å². The molecule has 1 heterocycles. The molecule has 6 heteroatoms. The van der Waals surface area contributed by atoms with E-state index in [4.69, 9.17) is 15.9 Å². The van der Waals surface area contributed by atoms with Crippen molar-refractivity contribution in [1.29, 1.82) is 0 Å². The highest BCUT2D eigenvalue weighted by Crippen LogP contribution is 2.21. The molecular formula is C16H15NO5. The summed E-state index contributed by atoms with van der Waals surface area (Å²) in [6.07, 6.45) is 5.07. The van der Waals surface area contributed by atoms with E-state index in [0.717, 1.165) is 4.90 Å². The van der Waals surface area contributed by atoms with Gasteiger partial charge >= 0.3 is 5.97 Å². The van der Waals surface area contributed by atoms with Crippen LogP contribution >= 0.6 is 0 Å². The fourth-order valence-electron chi connectivity index (χ4n) is 2.05. The molecule has 1 aromatic carbocycles. The van der Waals surface area contributed by atoms with Crippen molar-refractivity contribution in [3.8, 4) is 12.3 Å². The van der Waals surface area contributed by atoms with Crippen molar-refractivity contribution in [1.82, 2.24) is 4.90 Å². The fraction of sp³-hybridized carbons (Fsp3) is 0.312. The number of fused-ring (bicyclic) bond motifs is 1. The molecule has 0 atom stereocenters. The van der Waals surface area contributed by atoms with E-state index in [9.17, 15) is 14.4 Å². The monoisotopic (exact) mass is 301 g/mol. The summed E-state index contributed by atoms with van der Waals surface area (Å²) in [5.41, 5.74) is 0.753. The zero-order chi connectivity index (χ0) is 15.9. The van der Waals surface area contributed by atoms with Gasteiger partial charge in [0.15, 0.2) is 0 Å². The Kier molecular flexibility index (Phi) is 5.28. The maximum atomic E-state index is 12.1. The van der Waals surface area contributed by atoms with Gasteiger partial charge in [-0.25, -0.2) is 0 Å². The summed E-state index contributed by atoms with van der Waals surface area (Å²) >= 11 is 0. The average molecular weight is 301 g/mol. The van der Waals surface area contributed by atoms with Gasteiger partial charge in [0.05, 0.1) is 30.7 Å². The van der Waals surface area contributed by atoms with Crippen molar-refractivity contribution in [3.63, 3.8) is 0 Å². The molecule has 0 saturated carbocycles. The van der Waals surface area contributed by atoms with Crippen LogP contribution in [0, 0.1) is 12.3 Å². The molecule has 1 aliphatic rings. The van der Waals surface area contributed by atoms with E-state index in [1.807, 2.05) is 0 Å². The SMILES string of the molecule is C#CCOCCC(=O)OCCN1C(=O)c2ccccc2C1=O. The van der Waals surface area contributed by atoms with Crippen LogP contribution in [0.2, 0.25) is 0 Å². The molecule has 0 aliphatic carbocycles. The van der Waals surface area contributed by atoms with E-state index >= 15 is 0 Å². The summed E-state index contributed by atoms with van der Waals surface area (Å²) in [6.45, 7) is 0.307. The first kappa shape index (κ1) is 15.7. The van der Waals surface area contributed by atoms with Crippen molar-refractivity contribution in [3.05, 3.63) is 35.4 Å². The van der Waals surface area contributed by atoms with Crippen LogP contribution in [0.3, 0.4) is 0 Å². The number of carbonyl (C=O) groups is 3. The molecule has 0 N–H and O–H groups in total. The lowest BCUT2D eigenvalue weighted by atomic mass is 10.1. The Morgan fingerprint density at radius 2 is 1.77 bits per heavy atom. The minimum Gasteiger partial charge on any atom is -0.464 e. The van der Waals surface area contributed by atoms with Crippen LogP contribution in [-0.2, 0) is 14.3 Å². The molecule has 0 fully saturated rings. The first-order chi connectivity index (χ1) is 10.6. The number of rotatable bonds is 7. The zero-order valence-corrected chi connectivity index (χ0v) is 11.9. The Balaban J connectivity index is 1.77. The molecular weight excluding hydrogens is 286 g/mol. The number of nitrogens with zero attached hydrogens (tertiary/aromatic N) is 1.